The SMILES string of the molecule is CC(C)(C)c1ccc(C(=O)O)cc1.CC1CC(C)(C)NC(C)(C)C1. The van der Waals surface area contributed by atoms with E-state index in [1.54, 1.807) is 12.1 Å². The highest BCUT2D eigenvalue weighted by atomic mass is 16.4. The summed E-state index contributed by atoms with van der Waals surface area (Å²) in [4.78, 5) is 10.6. The van der Waals surface area contributed by atoms with Crippen molar-refractivity contribution in [1.82, 2.24) is 5.32 Å². The van der Waals surface area contributed by atoms with Crippen molar-refractivity contribution < 1.29 is 9.90 Å². The van der Waals surface area contributed by atoms with Crippen LogP contribution in [0.3, 0.4) is 0 Å². The molecule has 24 heavy (non-hydrogen) atoms. The monoisotopic (exact) mass is 333 g/mol. The van der Waals surface area contributed by atoms with Crippen LogP contribution in [-0.4, -0.2) is 22.2 Å². The lowest BCUT2D eigenvalue weighted by atomic mass is 9.77. The van der Waals surface area contributed by atoms with E-state index in [4.69, 9.17) is 5.11 Å². The molecule has 0 bridgehead atoms. The van der Waals surface area contributed by atoms with Crippen molar-refractivity contribution in [3.8, 4) is 0 Å². The highest BCUT2D eigenvalue weighted by molar-refractivity contribution is 5.87. The fraction of sp³-hybridized carbons (Fsp3) is 0.667. The summed E-state index contributed by atoms with van der Waals surface area (Å²) in [5, 5.41) is 12.3. The zero-order valence-corrected chi connectivity index (χ0v) is 16.7. The number of carbonyl (C=O) groups is 1. The predicted octanol–water partition coefficient (Wildman–Crippen LogP) is 5.25. The lowest BCUT2D eigenvalue weighted by Crippen LogP contribution is -2.57. The van der Waals surface area contributed by atoms with Gasteiger partial charge >= 0.3 is 5.97 Å². The topological polar surface area (TPSA) is 49.3 Å². The van der Waals surface area contributed by atoms with Crippen LogP contribution in [0.5, 0.6) is 0 Å². The average Bonchev–Trinajstić information content (AvgIpc) is 2.34. The van der Waals surface area contributed by atoms with E-state index in [0.29, 0.717) is 16.6 Å². The highest BCUT2D eigenvalue weighted by Crippen LogP contribution is 2.32. The summed E-state index contributed by atoms with van der Waals surface area (Å²) >= 11 is 0. The number of benzene rings is 1. The van der Waals surface area contributed by atoms with Gasteiger partial charge in [-0.1, -0.05) is 39.8 Å². The molecule has 1 aliphatic heterocycles. The van der Waals surface area contributed by atoms with Crippen molar-refractivity contribution in [2.45, 2.75) is 84.7 Å². The van der Waals surface area contributed by atoms with Crippen molar-refractivity contribution in [3.63, 3.8) is 0 Å². The third kappa shape index (κ3) is 6.64. The maximum Gasteiger partial charge on any atom is 0.335 e. The molecular formula is C21H35NO2. The molecule has 1 saturated heterocycles. The van der Waals surface area contributed by atoms with Crippen LogP contribution in [0.2, 0.25) is 0 Å². The van der Waals surface area contributed by atoms with Crippen LogP contribution in [0.15, 0.2) is 24.3 Å². The van der Waals surface area contributed by atoms with Gasteiger partial charge in [0.2, 0.25) is 0 Å². The largest absolute Gasteiger partial charge is 0.478 e. The Balaban J connectivity index is 0.000000243. The van der Waals surface area contributed by atoms with Crippen LogP contribution in [0, 0.1) is 5.92 Å². The smallest absolute Gasteiger partial charge is 0.335 e. The molecule has 1 heterocycles. The molecule has 3 nitrogen and oxygen atoms in total. The Bertz CT molecular complexity index is 534. The maximum absolute atomic E-state index is 10.6. The molecule has 0 amide bonds. The third-order valence-corrected chi connectivity index (χ3v) is 4.39. The van der Waals surface area contributed by atoms with Crippen LogP contribution < -0.4 is 5.32 Å². The number of nitrogens with one attached hydrogen (secondary N) is 1. The first kappa shape index (κ1) is 20.7. The fourth-order valence-corrected chi connectivity index (χ4v) is 3.95. The third-order valence-electron chi connectivity index (χ3n) is 4.39. The molecule has 0 aliphatic carbocycles. The minimum absolute atomic E-state index is 0.0804. The minimum atomic E-state index is -0.875. The van der Waals surface area contributed by atoms with Crippen molar-refractivity contribution in [1.29, 1.82) is 0 Å². The molecular weight excluding hydrogens is 298 g/mol. The van der Waals surface area contributed by atoms with Gasteiger partial charge in [-0.2, -0.15) is 0 Å². The van der Waals surface area contributed by atoms with Gasteiger partial charge in [-0.05, 0) is 69.6 Å². The molecule has 0 saturated carbocycles. The number of carboxylic acids is 1. The molecule has 3 heteroatoms. The first-order chi connectivity index (χ1) is 10.7. The number of hydrogen-bond acceptors (Lipinski definition) is 2. The Kier molecular flexibility index (Phi) is 6.26. The van der Waals surface area contributed by atoms with Crippen LogP contribution in [-0.2, 0) is 5.41 Å². The number of piperidine rings is 1. The summed E-state index contributed by atoms with van der Waals surface area (Å²) in [5.41, 5.74) is 2.24. The summed E-state index contributed by atoms with van der Waals surface area (Å²) in [6, 6.07) is 7.01. The molecule has 0 unspecified atom stereocenters. The van der Waals surface area contributed by atoms with E-state index in [1.165, 1.54) is 12.8 Å². The average molecular weight is 334 g/mol. The first-order valence-corrected chi connectivity index (χ1v) is 8.85. The van der Waals surface area contributed by atoms with Gasteiger partial charge in [0.15, 0.2) is 0 Å². The standard InChI is InChI=1S/C11H14O2.C10H21N/c1-11(2,3)9-6-4-8(5-7-9)10(12)13;1-8-6-9(2,3)11-10(4,5)7-8/h4-7H,1-3H3,(H,12,13);8,11H,6-7H2,1-5H3. The predicted molar refractivity (Wildman–Crippen MR) is 102 cm³/mol. The summed E-state index contributed by atoms with van der Waals surface area (Å²) in [5.74, 6) is -0.0123. The zero-order chi connectivity index (χ0) is 18.8. The Labute approximate surface area is 147 Å². The van der Waals surface area contributed by atoms with E-state index in [-0.39, 0.29) is 5.41 Å². The molecule has 0 spiro atoms. The Morgan fingerprint density at radius 1 is 1.04 bits per heavy atom. The van der Waals surface area contributed by atoms with Gasteiger partial charge in [0, 0.05) is 11.1 Å². The molecule has 1 aromatic rings. The maximum atomic E-state index is 10.6. The minimum Gasteiger partial charge on any atom is -0.478 e. The Morgan fingerprint density at radius 2 is 1.46 bits per heavy atom. The summed E-state index contributed by atoms with van der Waals surface area (Å²) in [7, 11) is 0. The molecule has 1 aromatic carbocycles. The number of rotatable bonds is 1. The highest BCUT2D eigenvalue weighted by Gasteiger charge is 2.35. The van der Waals surface area contributed by atoms with Crippen molar-refractivity contribution in [2.24, 2.45) is 5.92 Å². The van der Waals surface area contributed by atoms with Gasteiger partial charge < -0.3 is 10.4 Å². The van der Waals surface area contributed by atoms with Gasteiger partial charge in [0.25, 0.3) is 0 Å². The molecule has 1 fully saturated rings. The number of aromatic carboxylic acids is 1. The van der Waals surface area contributed by atoms with Gasteiger partial charge in [-0.15, -0.1) is 0 Å². The molecule has 136 valence electrons. The van der Waals surface area contributed by atoms with E-state index in [2.05, 4.69) is 60.7 Å². The summed E-state index contributed by atoms with van der Waals surface area (Å²) in [6.07, 6.45) is 2.60. The van der Waals surface area contributed by atoms with Crippen molar-refractivity contribution >= 4 is 5.97 Å². The normalized spacial score (nSPS) is 20.0. The second kappa shape index (κ2) is 7.26. The van der Waals surface area contributed by atoms with Gasteiger partial charge in [0.1, 0.15) is 0 Å². The van der Waals surface area contributed by atoms with Crippen molar-refractivity contribution in [3.05, 3.63) is 35.4 Å². The number of hydrogen-bond donors (Lipinski definition) is 2. The lowest BCUT2D eigenvalue weighted by Gasteiger charge is -2.45. The molecule has 1 aliphatic rings. The van der Waals surface area contributed by atoms with Crippen LogP contribution in [0.25, 0.3) is 0 Å². The van der Waals surface area contributed by atoms with Crippen LogP contribution in [0.4, 0.5) is 0 Å². The van der Waals surface area contributed by atoms with Gasteiger partial charge in [-0.3, -0.25) is 0 Å². The van der Waals surface area contributed by atoms with E-state index < -0.39 is 5.97 Å². The second-order valence-electron chi connectivity index (χ2n) is 9.54. The Morgan fingerprint density at radius 3 is 1.75 bits per heavy atom. The van der Waals surface area contributed by atoms with Crippen LogP contribution >= 0.6 is 0 Å². The first-order valence-electron chi connectivity index (χ1n) is 8.85. The van der Waals surface area contributed by atoms with E-state index in [1.807, 2.05) is 12.1 Å². The van der Waals surface area contributed by atoms with E-state index >= 15 is 0 Å². The van der Waals surface area contributed by atoms with Crippen molar-refractivity contribution in [2.75, 3.05) is 0 Å². The zero-order valence-electron chi connectivity index (χ0n) is 16.7. The summed E-state index contributed by atoms with van der Waals surface area (Å²) in [6.45, 7) is 17.8. The molecule has 0 atom stereocenters. The van der Waals surface area contributed by atoms with E-state index in [9.17, 15) is 4.79 Å². The van der Waals surface area contributed by atoms with Gasteiger partial charge in [0.05, 0.1) is 5.56 Å². The summed E-state index contributed by atoms with van der Waals surface area (Å²) < 4.78 is 0. The Hall–Kier alpha value is -1.35. The quantitative estimate of drug-likeness (QED) is 0.738. The molecule has 2 N–H and O–H groups in total. The molecule has 2 rings (SSSR count). The lowest BCUT2D eigenvalue weighted by molar-refractivity contribution is 0.0696. The second-order valence-corrected chi connectivity index (χ2v) is 9.54. The number of carboxylic acid groups (broad SMARTS) is 1. The fourth-order valence-electron chi connectivity index (χ4n) is 3.95. The van der Waals surface area contributed by atoms with E-state index in [0.717, 1.165) is 11.5 Å². The van der Waals surface area contributed by atoms with Gasteiger partial charge in [-0.25, -0.2) is 4.79 Å². The molecule has 0 radical (unpaired) electrons. The van der Waals surface area contributed by atoms with Crippen LogP contribution in [0.1, 0.15) is 84.2 Å². The molecule has 0 aromatic heterocycles.